The lowest BCUT2D eigenvalue weighted by Crippen LogP contribution is -2.30. The van der Waals surface area contributed by atoms with Crippen LogP contribution in [0.1, 0.15) is 54.0 Å². The molecule has 4 heteroatoms. The van der Waals surface area contributed by atoms with E-state index in [2.05, 4.69) is 43.1 Å². The summed E-state index contributed by atoms with van der Waals surface area (Å²) in [5, 5.41) is 7.10. The lowest BCUT2D eigenvalue weighted by molar-refractivity contribution is 0.0746. The number of aryl methyl sites for hydroxylation is 1. The third-order valence-corrected chi connectivity index (χ3v) is 3.73. The zero-order valence-electron chi connectivity index (χ0n) is 13.2. The minimum Gasteiger partial charge on any atom is -0.333 e. The Morgan fingerprint density at radius 3 is 2.62 bits per heavy atom. The minimum absolute atomic E-state index is 0.0242. The topological polar surface area (TPSA) is 49.0 Å². The average Bonchev–Trinajstić information content (AvgIpc) is 2.96. The molecule has 0 spiro atoms. The number of carbonyl (C=O) groups is 1. The molecule has 0 aliphatic carbocycles. The van der Waals surface area contributed by atoms with E-state index in [1.807, 2.05) is 30.0 Å². The van der Waals surface area contributed by atoms with Gasteiger partial charge in [0, 0.05) is 18.8 Å². The summed E-state index contributed by atoms with van der Waals surface area (Å²) in [5.74, 6) is 0.314. The Bertz CT molecular complexity index is 616. The van der Waals surface area contributed by atoms with Gasteiger partial charge in [-0.05, 0) is 37.0 Å². The Balaban J connectivity index is 2.16. The molecule has 1 heterocycles. The van der Waals surface area contributed by atoms with Crippen molar-refractivity contribution in [1.82, 2.24) is 15.1 Å². The maximum atomic E-state index is 12.6. The molecule has 0 radical (unpaired) electrons. The highest BCUT2D eigenvalue weighted by Crippen LogP contribution is 2.15. The number of hydrogen-bond donors (Lipinski definition) is 1. The predicted octanol–water partition coefficient (Wildman–Crippen LogP) is 3.50. The number of benzene rings is 1. The van der Waals surface area contributed by atoms with Crippen molar-refractivity contribution in [2.45, 2.75) is 40.2 Å². The summed E-state index contributed by atoms with van der Waals surface area (Å²) < 4.78 is 0. The molecular weight excluding hydrogens is 262 g/mol. The van der Waals surface area contributed by atoms with E-state index in [4.69, 9.17) is 0 Å². The fourth-order valence-electron chi connectivity index (χ4n) is 2.22. The minimum atomic E-state index is -0.0242. The molecule has 2 rings (SSSR count). The van der Waals surface area contributed by atoms with E-state index in [0.29, 0.717) is 24.7 Å². The number of aromatic amines is 1. The number of hydrogen-bond acceptors (Lipinski definition) is 2. The van der Waals surface area contributed by atoms with Gasteiger partial charge in [0.2, 0.25) is 0 Å². The van der Waals surface area contributed by atoms with Crippen LogP contribution in [0.15, 0.2) is 30.3 Å². The molecule has 2 aromatic rings. The average molecular weight is 285 g/mol. The molecule has 112 valence electrons. The lowest BCUT2D eigenvalue weighted by Gasteiger charge is -2.20. The van der Waals surface area contributed by atoms with Gasteiger partial charge >= 0.3 is 0 Å². The fourth-order valence-corrected chi connectivity index (χ4v) is 2.22. The molecule has 0 aliphatic rings. The van der Waals surface area contributed by atoms with Crippen molar-refractivity contribution in [3.05, 3.63) is 52.8 Å². The number of amides is 1. The first-order chi connectivity index (χ1) is 10.0. The van der Waals surface area contributed by atoms with Crippen LogP contribution in [0.3, 0.4) is 0 Å². The Labute approximate surface area is 126 Å². The van der Waals surface area contributed by atoms with Gasteiger partial charge in [-0.15, -0.1) is 0 Å². The first-order valence-electron chi connectivity index (χ1n) is 7.42. The van der Waals surface area contributed by atoms with Crippen molar-refractivity contribution < 1.29 is 4.79 Å². The predicted molar refractivity (Wildman–Crippen MR) is 84.3 cm³/mol. The molecule has 0 bridgehead atoms. The Morgan fingerprint density at radius 2 is 2.05 bits per heavy atom. The summed E-state index contributed by atoms with van der Waals surface area (Å²) in [5.41, 5.74) is 3.86. The molecule has 1 N–H and O–H groups in total. The maximum Gasteiger partial charge on any atom is 0.274 e. The summed E-state index contributed by atoms with van der Waals surface area (Å²) in [6.45, 7) is 9.49. The van der Waals surface area contributed by atoms with Crippen LogP contribution >= 0.6 is 0 Å². The van der Waals surface area contributed by atoms with Gasteiger partial charge in [0.25, 0.3) is 5.91 Å². The van der Waals surface area contributed by atoms with Crippen LogP contribution in [-0.4, -0.2) is 27.5 Å². The Kier molecular flexibility index (Phi) is 4.78. The molecule has 0 fully saturated rings. The normalized spacial score (nSPS) is 10.9. The van der Waals surface area contributed by atoms with Crippen molar-refractivity contribution in [1.29, 1.82) is 0 Å². The number of carbonyl (C=O) groups excluding carboxylic acids is 1. The van der Waals surface area contributed by atoms with E-state index in [0.717, 1.165) is 5.69 Å². The van der Waals surface area contributed by atoms with Gasteiger partial charge in [0.15, 0.2) is 0 Å². The second-order valence-electron chi connectivity index (χ2n) is 5.61. The van der Waals surface area contributed by atoms with E-state index in [9.17, 15) is 4.79 Å². The van der Waals surface area contributed by atoms with Crippen molar-refractivity contribution in [2.75, 3.05) is 6.54 Å². The Hall–Kier alpha value is -2.10. The smallest absolute Gasteiger partial charge is 0.274 e. The highest BCUT2D eigenvalue weighted by molar-refractivity contribution is 5.92. The van der Waals surface area contributed by atoms with Gasteiger partial charge < -0.3 is 4.90 Å². The van der Waals surface area contributed by atoms with Crippen LogP contribution in [0, 0.1) is 6.92 Å². The number of rotatable bonds is 5. The molecule has 0 atom stereocenters. The second kappa shape index (κ2) is 6.57. The van der Waals surface area contributed by atoms with Gasteiger partial charge in [0.1, 0.15) is 5.69 Å². The van der Waals surface area contributed by atoms with Crippen LogP contribution in [0.25, 0.3) is 0 Å². The molecule has 0 saturated heterocycles. The van der Waals surface area contributed by atoms with Gasteiger partial charge in [-0.25, -0.2) is 0 Å². The fraction of sp³-hybridized carbons (Fsp3) is 0.412. The Morgan fingerprint density at radius 1 is 1.33 bits per heavy atom. The largest absolute Gasteiger partial charge is 0.333 e. The summed E-state index contributed by atoms with van der Waals surface area (Å²) in [7, 11) is 0. The summed E-state index contributed by atoms with van der Waals surface area (Å²) in [6.07, 6.45) is 0. The van der Waals surface area contributed by atoms with E-state index in [1.54, 1.807) is 0 Å². The highest BCUT2D eigenvalue weighted by atomic mass is 16.2. The molecule has 0 saturated carbocycles. The molecule has 1 aromatic carbocycles. The molecule has 21 heavy (non-hydrogen) atoms. The van der Waals surface area contributed by atoms with E-state index >= 15 is 0 Å². The van der Waals surface area contributed by atoms with Gasteiger partial charge in [-0.2, -0.15) is 5.10 Å². The molecule has 1 amide bonds. The van der Waals surface area contributed by atoms with Crippen LogP contribution in [0.4, 0.5) is 0 Å². The van der Waals surface area contributed by atoms with Gasteiger partial charge in [-0.1, -0.05) is 38.1 Å². The van der Waals surface area contributed by atoms with Crippen molar-refractivity contribution >= 4 is 5.91 Å². The molecule has 4 nitrogen and oxygen atoms in total. The quantitative estimate of drug-likeness (QED) is 0.914. The van der Waals surface area contributed by atoms with E-state index < -0.39 is 0 Å². The van der Waals surface area contributed by atoms with Crippen LogP contribution < -0.4 is 0 Å². The SMILES string of the molecule is CCN(Cc1ccccc1C)C(=O)c1cc(C(C)C)[nH]n1. The number of nitrogens with zero attached hydrogens (tertiary/aromatic N) is 2. The van der Waals surface area contributed by atoms with Crippen LogP contribution in [-0.2, 0) is 6.54 Å². The standard InChI is InChI=1S/C17H23N3O/c1-5-20(11-14-9-7-6-8-13(14)4)17(21)16-10-15(12(2)3)18-19-16/h6-10,12H,5,11H2,1-4H3,(H,18,19). The molecule has 1 aromatic heterocycles. The first-order valence-corrected chi connectivity index (χ1v) is 7.42. The number of nitrogens with one attached hydrogen (secondary N) is 1. The second-order valence-corrected chi connectivity index (χ2v) is 5.61. The first kappa shape index (κ1) is 15.3. The van der Waals surface area contributed by atoms with Crippen LogP contribution in [0.5, 0.6) is 0 Å². The lowest BCUT2D eigenvalue weighted by atomic mass is 10.1. The molecular formula is C17H23N3O. The summed E-state index contributed by atoms with van der Waals surface area (Å²) in [6, 6.07) is 10.0. The highest BCUT2D eigenvalue weighted by Gasteiger charge is 2.18. The van der Waals surface area contributed by atoms with Gasteiger partial charge in [0.05, 0.1) is 0 Å². The van der Waals surface area contributed by atoms with Gasteiger partial charge in [-0.3, -0.25) is 9.89 Å². The number of aromatic nitrogens is 2. The zero-order chi connectivity index (χ0) is 15.4. The number of H-pyrrole nitrogens is 1. The van der Waals surface area contributed by atoms with Crippen molar-refractivity contribution in [3.8, 4) is 0 Å². The summed E-state index contributed by atoms with van der Waals surface area (Å²) >= 11 is 0. The third kappa shape index (κ3) is 3.51. The van der Waals surface area contributed by atoms with Crippen molar-refractivity contribution in [2.24, 2.45) is 0 Å². The zero-order valence-corrected chi connectivity index (χ0v) is 13.2. The monoisotopic (exact) mass is 285 g/mol. The van der Waals surface area contributed by atoms with Crippen molar-refractivity contribution in [3.63, 3.8) is 0 Å². The molecule has 0 aliphatic heterocycles. The summed E-state index contributed by atoms with van der Waals surface area (Å²) in [4.78, 5) is 14.4. The van der Waals surface area contributed by atoms with Crippen LogP contribution in [0.2, 0.25) is 0 Å². The molecule has 0 unspecified atom stereocenters. The third-order valence-electron chi connectivity index (χ3n) is 3.73. The van der Waals surface area contributed by atoms with E-state index in [-0.39, 0.29) is 5.91 Å². The maximum absolute atomic E-state index is 12.6. The van der Waals surface area contributed by atoms with E-state index in [1.165, 1.54) is 11.1 Å².